The number of rotatable bonds is 6. The van der Waals surface area contributed by atoms with Crippen LogP contribution in [0.25, 0.3) is 0 Å². The van der Waals surface area contributed by atoms with E-state index in [1.807, 2.05) is 6.92 Å². The van der Waals surface area contributed by atoms with Crippen molar-refractivity contribution in [2.24, 2.45) is 0 Å². The van der Waals surface area contributed by atoms with Gasteiger partial charge in [-0.1, -0.05) is 0 Å². The highest BCUT2D eigenvalue weighted by Crippen LogP contribution is 2.09. The van der Waals surface area contributed by atoms with Gasteiger partial charge in [0.1, 0.15) is 0 Å². The molecule has 17 heavy (non-hydrogen) atoms. The first kappa shape index (κ1) is 14.6. The zero-order valence-corrected chi connectivity index (χ0v) is 11.3. The van der Waals surface area contributed by atoms with Crippen LogP contribution in [0.4, 0.5) is 0 Å². The Morgan fingerprint density at radius 1 is 1.47 bits per heavy atom. The third kappa shape index (κ3) is 5.61. The highest BCUT2D eigenvalue weighted by atomic mass is 32.2. The molecule has 0 saturated carbocycles. The normalized spacial score (nSPS) is 26.5. The molecule has 0 aliphatic carbocycles. The van der Waals surface area contributed by atoms with Crippen LogP contribution in [0.3, 0.4) is 0 Å². The standard InChI is InChI=1S/C11H22N2O3S/c1-9(11(14)12-5-6-16-2)13-10-3-7-17(15)8-4-10/h9-10,13H,3-8H2,1-2H3,(H,12,14). The molecule has 1 saturated heterocycles. The first-order valence-electron chi connectivity index (χ1n) is 6.01. The molecule has 5 nitrogen and oxygen atoms in total. The molecule has 0 spiro atoms. The molecule has 1 rings (SSSR count). The molecule has 2 N–H and O–H groups in total. The highest BCUT2D eigenvalue weighted by molar-refractivity contribution is 7.85. The Hall–Kier alpha value is -0.460. The summed E-state index contributed by atoms with van der Waals surface area (Å²) in [4.78, 5) is 11.7. The Labute approximate surface area is 105 Å². The number of ether oxygens (including phenoxy) is 1. The summed E-state index contributed by atoms with van der Waals surface area (Å²) in [6, 6.07) is 0.110. The molecule has 1 heterocycles. The maximum Gasteiger partial charge on any atom is 0.236 e. The quantitative estimate of drug-likeness (QED) is 0.641. The van der Waals surface area contributed by atoms with Crippen molar-refractivity contribution in [3.8, 4) is 0 Å². The number of hydrogen-bond donors (Lipinski definition) is 2. The Kier molecular flexibility index (Phi) is 6.69. The molecule has 1 aliphatic heterocycles. The largest absolute Gasteiger partial charge is 0.383 e. The van der Waals surface area contributed by atoms with Crippen LogP contribution in [0.1, 0.15) is 19.8 Å². The third-order valence-electron chi connectivity index (χ3n) is 2.87. The Balaban J connectivity index is 2.21. The third-order valence-corrected chi connectivity index (χ3v) is 4.25. The SMILES string of the molecule is COCCNC(=O)C(C)NC1CCS(=O)CC1. The lowest BCUT2D eigenvalue weighted by Crippen LogP contribution is -2.48. The van der Waals surface area contributed by atoms with Crippen LogP contribution in [0.5, 0.6) is 0 Å². The van der Waals surface area contributed by atoms with Crippen LogP contribution in [0.2, 0.25) is 0 Å². The lowest BCUT2D eigenvalue weighted by molar-refractivity contribution is -0.123. The second-order valence-corrected chi connectivity index (χ2v) is 5.99. The van der Waals surface area contributed by atoms with Gasteiger partial charge in [0, 0.05) is 42.0 Å². The topological polar surface area (TPSA) is 67.4 Å². The Morgan fingerprint density at radius 3 is 2.71 bits per heavy atom. The lowest BCUT2D eigenvalue weighted by Gasteiger charge is -2.25. The minimum atomic E-state index is -0.650. The van der Waals surface area contributed by atoms with Gasteiger partial charge in [0.25, 0.3) is 0 Å². The van der Waals surface area contributed by atoms with E-state index in [0.717, 1.165) is 24.3 Å². The van der Waals surface area contributed by atoms with Gasteiger partial charge in [-0.2, -0.15) is 0 Å². The molecule has 0 aromatic rings. The number of nitrogens with one attached hydrogen (secondary N) is 2. The monoisotopic (exact) mass is 262 g/mol. The molecule has 1 fully saturated rings. The van der Waals surface area contributed by atoms with Gasteiger partial charge >= 0.3 is 0 Å². The molecule has 6 heteroatoms. The fourth-order valence-corrected chi connectivity index (χ4v) is 3.12. The van der Waals surface area contributed by atoms with Crippen LogP contribution in [-0.4, -0.2) is 54.0 Å². The van der Waals surface area contributed by atoms with E-state index in [4.69, 9.17) is 4.74 Å². The van der Waals surface area contributed by atoms with E-state index >= 15 is 0 Å². The van der Waals surface area contributed by atoms with Crippen LogP contribution < -0.4 is 10.6 Å². The summed E-state index contributed by atoms with van der Waals surface area (Å²) < 4.78 is 16.1. The fraction of sp³-hybridized carbons (Fsp3) is 0.909. The maximum absolute atomic E-state index is 11.7. The molecular weight excluding hydrogens is 240 g/mol. The summed E-state index contributed by atoms with van der Waals surface area (Å²) in [5, 5.41) is 6.07. The van der Waals surface area contributed by atoms with E-state index in [1.165, 1.54) is 0 Å². The van der Waals surface area contributed by atoms with Crippen molar-refractivity contribution in [3.63, 3.8) is 0 Å². The van der Waals surface area contributed by atoms with Crippen LogP contribution in [0.15, 0.2) is 0 Å². The van der Waals surface area contributed by atoms with Crippen molar-refractivity contribution in [1.82, 2.24) is 10.6 Å². The van der Waals surface area contributed by atoms with Crippen molar-refractivity contribution in [3.05, 3.63) is 0 Å². The molecule has 1 aliphatic rings. The van der Waals surface area contributed by atoms with Gasteiger partial charge in [-0.25, -0.2) is 0 Å². The van der Waals surface area contributed by atoms with E-state index in [-0.39, 0.29) is 11.9 Å². The second kappa shape index (κ2) is 7.79. The zero-order valence-electron chi connectivity index (χ0n) is 10.5. The van der Waals surface area contributed by atoms with Gasteiger partial charge in [-0.05, 0) is 19.8 Å². The van der Waals surface area contributed by atoms with Gasteiger partial charge in [0.05, 0.1) is 12.6 Å². The Bertz CT molecular complexity index is 263. The predicted molar refractivity (Wildman–Crippen MR) is 68.4 cm³/mol. The van der Waals surface area contributed by atoms with Crippen LogP contribution in [-0.2, 0) is 20.3 Å². The van der Waals surface area contributed by atoms with Gasteiger partial charge in [0.15, 0.2) is 0 Å². The van der Waals surface area contributed by atoms with Crippen molar-refractivity contribution >= 4 is 16.7 Å². The van der Waals surface area contributed by atoms with Crippen LogP contribution >= 0.6 is 0 Å². The summed E-state index contributed by atoms with van der Waals surface area (Å²) in [5.41, 5.74) is 0. The number of amides is 1. The van der Waals surface area contributed by atoms with Crippen molar-refractivity contribution in [1.29, 1.82) is 0 Å². The summed E-state index contributed by atoms with van der Waals surface area (Å²) >= 11 is 0. The minimum absolute atomic E-state index is 0.00579. The first-order valence-corrected chi connectivity index (χ1v) is 7.50. The molecule has 100 valence electrons. The molecule has 0 radical (unpaired) electrons. The van der Waals surface area contributed by atoms with E-state index in [9.17, 15) is 9.00 Å². The van der Waals surface area contributed by atoms with Gasteiger partial charge in [0.2, 0.25) is 5.91 Å². The molecule has 1 unspecified atom stereocenters. The van der Waals surface area contributed by atoms with E-state index < -0.39 is 10.8 Å². The fourth-order valence-electron chi connectivity index (χ4n) is 1.82. The average Bonchev–Trinajstić information content (AvgIpc) is 2.32. The van der Waals surface area contributed by atoms with Crippen LogP contribution in [0, 0.1) is 0 Å². The molecule has 0 bridgehead atoms. The Morgan fingerprint density at radius 2 is 2.12 bits per heavy atom. The predicted octanol–water partition coefficient (Wildman–Crippen LogP) is -0.362. The summed E-state index contributed by atoms with van der Waals surface area (Å²) in [7, 11) is 0.958. The summed E-state index contributed by atoms with van der Waals surface area (Å²) in [6.07, 6.45) is 1.78. The maximum atomic E-state index is 11.7. The highest BCUT2D eigenvalue weighted by Gasteiger charge is 2.21. The zero-order chi connectivity index (χ0) is 12.7. The molecule has 1 amide bonds. The van der Waals surface area contributed by atoms with E-state index in [0.29, 0.717) is 19.2 Å². The van der Waals surface area contributed by atoms with Gasteiger partial charge in [-0.15, -0.1) is 0 Å². The van der Waals surface area contributed by atoms with E-state index in [1.54, 1.807) is 7.11 Å². The summed E-state index contributed by atoms with van der Waals surface area (Å²) in [5.74, 6) is 1.49. The molecule has 0 aromatic heterocycles. The van der Waals surface area contributed by atoms with Crippen molar-refractivity contribution in [2.45, 2.75) is 31.8 Å². The molecule has 1 atom stereocenters. The number of hydrogen-bond acceptors (Lipinski definition) is 4. The molecule has 0 aromatic carbocycles. The van der Waals surface area contributed by atoms with E-state index in [2.05, 4.69) is 10.6 Å². The number of carbonyl (C=O) groups excluding carboxylic acids is 1. The smallest absolute Gasteiger partial charge is 0.236 e. The van der Waals surface area contributed by atoms with Crippen molar-refractivity contribution in [2.75, 3.05) is 31.8 Å². The summed E-state index contributed by atoms with van der Waals surface area (Å²) in [6.45, 7) is 2.92. The van der Waals surface area contributed by atoms with Crippen molar-refractivity contribution < 1.29 is 13.7 Å². The number of methoxy groups -OCH3 is 1. The van der Waals surface area contributed by atoms with Gasteiger partial charge < -0.3 is 15.4 Å². The lowest BCUT2D eigenvalue weighted by atomic mass is 10.1. The average molecular weight is 262 g/mol. The second-order valence-electron chi connectivity index (χ2n) is 4.29. The molecular formula is C11H22N2O3S. The minimum Gasteiger partial charge on any atom is -0.383 e. The number of carbonyl (C=O) groups is 1. The van der Waals surface area contributed by atoms with Gasteiger partial charge in [-0.3, -0.25) is 9.00 Å². The first-order chi connectivity index (χ1) is 8.13.